The summed E-state index contributed by atoms with van der Waals surface area (Å²) in [5.41, 5.74) is 0.965. The van der Waals surface area contributed by atoms with Crippen LogP contribution in [0.25, 0.3) is 0 Å². The molecule has 2 rings (SSSR count). The van der Waals surface area contributed by atoms with E-state index in [1.54, 1.807) is 0 Å². The summed E-state index contributed by atoms with van der Waals surface area (Å²) in [6, 6.07) is 7.58. The van der Waals surface area contributed by atoms with Crippen molar-refractivity contribution >= 4 is 29.9 Å². The molecule has 1 aromatic rings. The highest BCUT2D eigenvalue weighted by atomic mass is 35.5. The lowest BCUT2D eigenvalue weighted by atomic mass is 10.0. The molecule has 0 radical (unpaired) electrons. The zero-order valence-electron chi connectivity index (χ0n) is 10.1. The molecule has 5 heteroatoms. The maximum Gasteiger partial charge on any atom is 0.220 e. The van der Waals surface area contributed by atoms with E-state index < -0.39 is 0 Å². The molecule has 1 saturated heterocycles. The van der Waals surface area contributed by atoms with Gasteiger partial charge in [0.15, 0.2) is 0 Å². The van der Waals surface area contributed by atoms with Crippen LogP contribution in [0.5, 0.6) is 0 Å². The summed E-state index contributed by atoms with van der Waals surface area (Å²) in [4.78, 5) is 11.7. The van der Waals surface area contributed by atoms with Gasteiger partial charge in [0.25, 0.3) is 0 Å². The van der Waals surface area contributed by atoms with E-state index >= 15 is 0 Å². The van der Waals surface area contributed by atoms with Gasteiger partial charge >= 0.3 is 0 Å². The van der Waals surface area contributed by atoms with E-state index in [0.29, 0.717) is 23.9 Å². The first-order chi connectivity index (χ1) is 8.25. The minimum Gasteiger partial charge on any atom is -0.352 e. The number of nitrogens with one attached hydrogen (secondary N) is 2. The van der Waals surface area contributed by atoms with Gasteiger partial charge in [-0.3, -0.25) is 4.79 Å². The van der Waals surface area contributed by atoms with Crippen LogP contribution in [-0.2, 0) is 11.3 Å². The number of carbonyl (C=O) groups is 1. The first-order valence-electron chi connectivity index (χ1n) is 5.96. The second kappa shape index (κ2) is 7.62. The minimum absolute atomic E-state index is 0. The van der Waals surface area contributed by atoms with Crippen molar-refractivity contribution in [3.8, 4) is 0 Å². The normalized spacial score (nSPS) is 18.2. The molecule has 100 valence electrons. The second-order valence-corrected chi connectivity index (χ2v) is 4.84. The first kappa shape index (κ1) is 15.3. The molecular formula is C13H18Cl2N2O. The summed E-state index contributed by atoms with van der Waals surface area (Å²) in [6.45, 7) is 2.50. The van der Waals surface area contributed by atoms with Crippen LogP contribution in [-0.4, -0.2) is 19.0 Å². The smallest absolute Gasteiger partial charge is 0.220 e. The van der Waals surface area contributed by atoms with Crippen LogP contribution in [0, 0.1) is 5.92 Å². The van der Waals surface area contributed by atoms with Gasteiger partial charge in [-0.15, -0.1) is 12.4 Å². The molecule has 0 aliphatic carbocycles. The molecule has 0 spiro atoms. The Morgan fingerprint density at radius 2 is 2.22 bits per heavy atom. The van der Waals surface area contributed by atoms with E-state index in [9.17, 15) is 4.79 Å². The van der Waals surface area contributed by atoms with Crippen molar-refractivity contribution in [1.29, 1.82) is 0 Å². The van der Waals surface area contributed by atoms with E-state index in [0.717, 1.165) is 25.1 Å². The number of hydrogen-bond acceptors (Lipinski definition) is 2. The van der Waals surface area contributed by atoms with E-state index in [2.05, 4.69) is 10.6 Å². The average Bonchev–Trinajstić information content (AvgIpc) is 2.81. The Kier molecular flexibility index (Phi) is 6.47. The molecule has 1 amide bonds. The molecule has 1 fully saturated rings. The summed E-state index contributed by atoms with van der Waals surface area (Å²) in [6.07, 6.45) is 1.71. The van der Waals surface area contributed by atoms with Gasteiger partial charge in [0.05, 0.1) is 0 Å². The van der Waals surface area contributed by atoms with E-state index in [1.807, 2.05) is 24.3 Å². The van der Waals surface area contributed by atoms with Gasteiger partial charge < -0.3 is 10.6 Å². The largest absolute Gasteiger partial charge is 0.352 e. The molecule has 1 aliphatic heterocycles. The molecule has 0 saturated carbocycles. The first-order valence-corrected chi connectivity index (χ1v) is 6.34. The predicted molar refractivity (Wildman–Crippen MR) is 76.1 cm³/mol. The summed E-state index contributed by atoms with van der Waals surface area (Å²) < 4.78 is 0. The lowest BCUT2D eigenvalue weighted by Gasteiger charge is -2.09. The van der Waals surface area contributed by atoms with Gasteiger partial charge in [0.2, 0.25) is 5.91 Å². The quantitative estimate of drug-likeness (QED) is 0.893. The van der Waals surface area contributed by atoms with Gasteiger partial charge in [0, 0.05) is 18.0 Å². The van der Waals surface area contributed by atoms with E-state index in [1.165, 1.54) is 0 Å². The van der Waals surface area contributed by atoms with E-state index in [-0.39, 0.29) is 18.3 Å². The maximum atomic E-state index is 11.7. The van der Waals surface area contributed by atoms with Crippen molar-refractivity contribution in [2.45, 2.75) is 19.4 Å². The fraction of sp³-hybridized carbons (Fsp3) is 0.462. The highest BCUT2D eigenvalue weighted by molar-refractivity contribution is 6.31. The summed E-state index contributed by atoms with van der Waals surface area (Å²) in [5, 5.41) is 6.88. The van der Waals surface area contributed by atoms with Crippen molar-refractivity contribution in [3.63, 3.8) is 0 Å². The highest BCUT2D eigenvalue weighted by Crippen LogP contribution is 2.15. The Morgan fingerprint density at radius 3 is 2.89 bits per heavy atom. The summed E-state index contributed by atoms with van der Waals surface area (Å²) in [7, 11) is 0. The molecule has 1 heterocycles. The fourth-order valence-corrected chi connectivity index (χ4v) is 2.26. The van der Waals surface area contributed by atoms with Crippen molar-refractivity contribution in [1.82, 2.24) is 10.6 Å². The summed E-state index contributed by atoms with van der Waals surface area (Å²) in [5.74, 6) is 0.597. The lowest BCUT2D eigenvalue weighted by molar-refractivity contribution is -0.122. The second-order valence-electron chi connectivity index (χ2n) is 4.43. The zero-order valence-corrected chi connectivity index (χ0v) is 11.7. The number of halogens is 2. The third-order valence-corrected chi connectivity index (χ3v) is 3.44. The van der Waals surface area contributed by atoms with E-state index in [4.69, 9.17) is 11.6 Å². The molecule has 1 atom stereocenters. The Bertz CT molecular complexity index is 392. The molecular weight excluding hydrogens is 271 g/mol. The van der Waals surface area contributed by atoms with Crippen LogP contribution in [0.15, 0.2) is 24.3 Å². The van der Waals surface area contributed by atoms with Gasteiger partial charge in [-0.1, -0.05) is 29.8 Å². The molecule has 0 bridgehead atoms. The third kappa shape index (κ3) is 4.48. The molecule has 18 heavy (non-hydrogen) atoms. The molecule has 3 nitrogen and oxygen atoms in total. The average molecular weight is 289 g/mol. The molecule has 2 N–H and O–H groups in total. The maximum absolute atomic E-state index is 11.7. The molecule has 1 aliphatic rings. The van der Waals surface area contributed by atoms with Gasteiger partial charge in [-0.05, 0) is 37.1 Å². The van der Waals surface area contributed by atoms with Crippen molar-refractivity contribution in [2.24, 2.45) is 5.92 Å². The fourth-order valence-electron chi connectivity index (χ4n) is 2.06. The van der Waals surface area contributed by atoms with Crippen LogP contribution in [0.4, 0.5) is 0 Å². The van der Waals surface area contributed by atoms with Crippen LogP contribution >= 0.6 is 24.0 Å². The topological polar surface area (TPSA) is 41.1 Å². The Morgan fingerprint density at radius 1 is 1.44 bits per heavy atom. The van der Waals surface area contributed by atoms with Crippen LogP contribution in [0.3, 0.4) is 0 Å². The molecule has 0 aromatic heterocycles. The SMILES string of the molecule is Cl.O=C(CC1CCNC1)NCc1ccccc1Cl. The van der Waals surface area contributed by atoms with Gasteiger partial charge in [-0.25, -0.2) is 0 Å². The van der Waals surface area contributed by atoms with Crippen molar-refractivity contribution in [2.75, 3.05) is 13.1 Å². The monoisotopic (exact) mass is 288 g/mol. The minimum atomic E-state index is 0. The van der Waals surface area contributed by atoms with Crippen LogP contribution in [0.1, 0.15) is 18.4 Å². The lowest BCUT2D eigenvalue weighted by Crippen LogP contribution is -2.25. The van der Waals surface area contributed by atoms with Gasteiger partial charge in [0.1, 0.15) is 0 Å². The Balaban J connectivity index is 0.00000162. The van der Waals surface area contributed by atoms with Gasteiger partial charge in [-0.2, -0.15) is 0 Å². The Hall–Kier alpha value is -0.770. The van der Waals surface area contributed by atoms with Crippen LogP contribution in [0.2, 0.25) is 5.02 Å². The zero-order chi connectivity index (χ0) is 12.1. The molecule has 1 unspecified atom stereocenters. The predicted octanol–water partition coefficient (Wildman–Crippen LogP) is 2.38. The molecule has 1 aromatic carbocycles. The summed E-state index contributed by atoms with van der Waals surface area (Å²) >= 11 is 6.02. The number of carbonyl (C=O) groups excluding carboxylic acids is 1. The number of rotatable bonds is 4. The van der Waals surface area contributed by atoms with Crippen molar-refractivity contribution in [3.05, 3.63) is 34.9 Å². The standard InChI is InChI=1S/C13H17ClN2O.ClH/c14-12-4-2-1-3-11(12)9-16-13(17)7-10-5-6-15-8-10;/h1-4,10,15H,5-9H2,(H,16,17);1H. The van der Waals surface area contributed by atoms with Crippen LogP contribution < -0.4 is 10.6 Å². The Labute approximate surface area is 119 Å². The third-order valence-electron chi connectivity index (χ3n) is 3.07. The number of benzene rings is 1. The number of amides is 1. The highest BCUT2D eigenvalue weighted by Gasteiger charge is 2.17. The van der Waals surface area contributed by atoms with Crippen molar-refractivity contribution < 1.29 is 4.79 Å². The number of hydrogen-bond donors (Lipinski definition) is 2.